The summed E-state index contributed by atoms with van der Waals surface area (Å²) < 4.78 is 4.91. The van der Waals surface area contributed by atoms with Gasteiger partial charge in [-0.2, -0.15) is 0 Å². The Labute approximate surface area is 107 Å². The number of nitrogens with one attached hydrogen (secondary N) is 1. The Morgan fingerprint density at radius 3 is 3.18 bits per heavy atom. The van der Waals surface area contributed by atoms with Crippen LogP contribution in [0.5, 0.6) is 0 Å². The van der Waals surface area contributed by atoms with E-state index in [1.807, 2.05) is 12.1 Å². The van der Waals surface area contributed by atoms with E-state index in [0.717, 1.165) is 22.6 Å². The van der Waals surface area contributed by atoms with Crippen molar-refractivity contribution in [2.45, 2.75) is 16.8 Å². The number of carbonyl (C=O) groups excluding carboxylic acids is 1. The summed E-state index contributed by atoms with van der Waals surface area (Å²) in [6.45, 7) is 0.503. The van der Waals surface area contributed by atoms with E-state index in [9.17, 15) is 4.79 Å². The zero-order valence-corrected chi connectivity index (χ0v) is 10.3. The lowest BCUT2D eigenvalue weighted by Gasteiger charge is -2.00. The van der Waals surface area contributed by atoms with Crippen LogP contribution in [0.4, 0.5) is 0 Å². The van der Waals surface area contributed by atoms with E-state index in [0.29, 0.717) is 11.6 Å². The van der Waals surface area contributed by atoms with E-state index < -0.39 is 0 Å². The molecule has 4 nitrogen and oxygen atoms in total. The second-order valence-electron chi connectivity index (χ2n) is 3.77. The van der Waals surface area contributed by atoms with Crippen LogP contribution in [0.25, 0.3) is 11.0 Å². The molecule has 1 aromatic carbocycles. The summed E-state index contributed by atoms with van der Waals surface area (Å²) >= 11 is 7.30. The van der Waals surface area contributed by atoms with Crippen molar-refractivity contribution >= 4 is 40.4 Å². The molecule has 0 radical (unpaired) electrons. The molecule has 0 spiro atoms. The lowest BCUT2D eigenvalue weighted by molar-refractivity contribution is -0.137. The van der Waals surface area contributed by atoms with Gasteiger partial charge in [-0.05, 0) is 18.2 Å². The van der Waals surface area contributed by atoms with Gasteiger partial charge in [0.05, 0.1) is 17.6 Å². The number of ether oxygens (including phenoxy) is 1. The van der Waals surface area contributed by atoms with Crippen molar-refractivity contribution in [3.05, 3.63) is 23.2 Å². The molecule has 1 aliphatic heterocycles. The molecule has 3 rings (SSSR count). The second-order valence-corrected chi connectivity index (χ2v) is 5.39. The predicted octanol–water partition coefficient (Wildman–Crippen LogP) is 2.62. The zero-order valence-electron chi connectivity index (χ0n) is 8.77. The summed E-state index contributed by atoms with van der Waals surface area (Å²) in [6.07, 6.45) is 0.737. The fourth-order valence-corrected chi connectivity index (χ4v) is 2.87. The highest BCUT2D eigenvalue weighted by Gasteiger charge is 2.28. The van der Waals surface area contributed by atoms with Crippen molar-refractivity contribution in [2.24, 2.45) is 0 Å². The lowest BCUT2D eigenvalue weighted by Crippen LogP contribution is -2.09. The summed E-state index contributed by atoms with van der Waals surface area (Å²) in [7, 11) is 0. The van der Waals surface area contributed by atoms with E-state index in [2.05, 4.69) is 9.97 Å². The number of hydrogen-bond acceptors (Lipinski definition) is 4. The molecule has 1 unspecified atom stereocenters. The number of cyclic esters (lactones) is 1. The smallest absolute Gasteiger partial charge is 0.319 e. The summed E-state index contributed by atoms with van der Waals surface area (Å²) in [5.74, 6) is -0.159. The van der Waals surface area contributed by atoms with Crippen LogP contribution in [0.15, 0.2) is 23.4 Å². The number of halogens is 1. The number of thioether (sulfide) groups is 1. The number of carbonyl (C=O) groups is 1. The first-order valence-electron chi connectivity index (χ1n) is 5.21. The van der Waals surface area contributed by atoms with Gasteiger partial charge >= 0.3 is 5.97 Å². The minimum atomic E-state index is -0.159. The van der Waals surface area contributed by atoms with Crippen molar-refractivity contribution in [1.29, 1.82) is 0 Å². The average molecular weight is 269 g/mol. The molecule has 1 aliphatic rings. The van der Waals surface area contributed by atoms with Crippen LogP contribution < -0.4 is 0 Å². The van der Waals surface area contributed by atoms with Gasteiger partial charge in [-0.15, -0.1) is 0 Å². The minimum Gasteiger partial charge on any atom is -0.465 e. The molecule has 2 heterocycles. The van der Waals surface area contributed by atoms with Crippen molar-refractivity contribution in [1.82, 2.24) is 9.97 Å². The van der Waals surface area contributed by atoms with Crippen molar-refractivity contribution in [3.8, 4) is 0 Å². The van der Waals surface area contributed by atoms with E-state index in [-0.39, 0.29) is 11.2 Å². The molecule has 6 heteroatoms. The third-order valence-corrected chi connectivity index (χ3v) is 3.93. The number of esters is 1. The highest BCUT2D eigenvalue weighted by molar-refractivity contribution is 8.00. The number of rotatable bonds is 2. The number of aromatic amines is 1. The minimum absolute atomic E-state index is 0.147. The van der Waals surface area contributed by atoms with Crippen molar-refractivity contribution < 1.29 is 9.53 Å². The first-order chi connectivity index (χ1) is 8.22. The van der Waals surface area contributed by atoms with Gasteiger partial charge in [-0.1, -0.05) is 23.4 Å². The van der Waals surface area contributed by atoms with Gasteiger partial charge in [0.1, 0.15) is 5.25 Å². The molecule has 0 amide bonds. The fraction of sp³-hybridized carbons (Fsp3) is 0.273. The van der Waals surface area contributed by atoms with Crippen LogP contribution in [0.1, 0.15) is 6.42 Å². The Kier molecular flexibility index (Phi) is 2.72. The molecule has 1 aromatic heterocycles. The van der Waals surface area contributed by atoms with Gasteiger partial charge in [0, 0.05) is 11.4 Å². The number of imidazole rings is 1. The number of fused-ring (bicyclic) bond motifs is 1. The number of nitrogens with zero attached hydrogens (tertiary/aromatic N) is 1. The second kappa shape index (κ2) is 4.23. The SMILES string of the molecule is O=C1OCCC1Sc1nc2ccc(Cl)cc2[nH]1. The molecule has 17 heavy (non-hydrogen) atoms. The van der Waals surface area contributed by atoms with Gasteiger partial charge in [0.2, 0.25) is 0 Å². The summed E-state index contributed by atoms with van der Waals surface area (Å²) in [5, 5.41) is 1.25. The lowest BCUT2D eigenvalue weighted by atomic mass is 10.3. The summed E-state index contributed by atoms with van der Waals surface area (Å²) in [4.78, 5) is 18.9. The molecule has 0 aliphatic carbocycles. The summed E-state index contributed by atoms with van der Waals surface area (Å²) in [5.41, 5.74) is 1.73. The quantitative estimate of drug-likeness (QED) is 0.851. The number of hydrogen-bond donors (Lipinski definition) is 1. The standard InChI is InChI=1S/C11H9ClN2O2S/c12-6-1-2-7-8(5-6)14-11(13-7)17-9-3-4-16-10(9)15/h1-2,5,9H,3-4H2,(H,13,14). The van der Waals surface area contributed by atoms with Crippen LogP contribution >= 0.6 is 23.4 Å². The Balaban J connectivity index is 1.88. The molecule has 0 saturated carbocycles. The summed E-state index contributed by atoms with van der Waals surface area (Å²) in [6, 6.07) is 5.47. The topological polar surface area (TPSA) is 55.0 Å². The normalized spacial score (nSPS) is 19.8. The zero-order chi connectivity index (χ0) is 11.8. The van der Waals surface area contributed by atoms with E-state index in [1.54, 1.807) is 6.07 Å². The maximum Gasteiger partial charge on any atom is 0.319 e. The Bertz CT molecular complexity index is 584. The molecular weight excluding hydrogens is 260 g/mol. The highest BCUT2D eigenvalue weighted by atomic mass is 35.5. The van der Waals surface area contributed by atoms with E-state index in [1.165, 1.54) is 11.8 Å². The maximum atomic E-state index is 11.3. The molecule has 1 atom stereocenters. The monoisotopic (exact) mass is 268 g/mol. The molecule has 1 N–H and O–H groups in total. The van der Waals surface area contributed by atoms with Crippen molar-refractivity contribution in [3.63, 3.8) is 0 Å². The van der Waals surface area contributed by atoms with Gasteiger partial charge < -0.3 is 9.72 Å². The van der Waals surface area contributed by atoms with Crippen LogP contribution in [0.3, 0.4) is 0 Å². The fourth-order valence-electron chi connectivity index (χ4n) is 1.73. The molecule has 1 fully saturated rings. The van der Waals surface area contributed by atoms with Crippen LogP contribution in [-0.4, -0.2) is 27.8 Å². The van der Waals surface area contributed by atoms with Gasteiger partial charge in [0.15, 0.2) is 5.16 Å². The molecule has 88 valence electrons. The Morgan fingerprint density at radius 2 is 2.41 bits per heavy atom. The van der Waals surface area contributed by atoms with Gasteiger partial charge in [0.25, 0.3) is 0 Å². The van der Waals surface area contributed by atoms with Crippen LogP contribution in [0.2, 0.25) is 5.02 Å². The first-order valence-corrected chi connectivity index (χ1v) is 6.47. The molecular formula is C11H9ClN2O2S. The Morgan fingerprint density at radius 1 is 1.53 bits per heavy atom. The number of aromatic nitrogens is 2. The van der Waals surface area contributed by atoms with E-state index in [4.69, 9.17) is 16.3 Å². The van der Waals surface area contributed by atoms with Crippen LogP contribution in [0, 0.1) is 0 Å². The first kappa shape index (κ1) is 10.9. The Hall–Kier alpha value is -1.20. The van der Waals surface area contributed by atoms with Gasteiger partial charge in [-0.3, -0.25) is 4.79 Å². The maximum absolute atomic E-state index is 11.3. The average Bonchev–Trinajstić information content (AvgIpc) is 2.85. The number of H-pyrrole nitrogens is 1. The predicted molar refractivity (Wildman–Crippen MR) is 66.3 cm³/mol. The largest absolute Gasteiger partial charge is 0.465 e. The van der Waals surface area contributed by atoms with Gasteiger partial charge in [-0.25, -0.2) is 4.98 Å². The highest BCUT2D eigenvalue weighted by Crippen LogP contribution is 2.29. The molecule has 0 bridgehead atoms. The third kappa shape index (κ3) is 2.12. The third-order valence-electron chi connectivity index (χ3n) is 2.56. The van der Waals surface area contributed by atoms with Crippen LogP contribution in [-0.2, 0) is 9.53 Å². The number of benzene rings is 1. The van der Waals surface area contributed by atoms with Crippen molar-refractivity contribution in [2.75, 3.05) is 6.61 Å². The molecule has 2 aromatic rings. The van der Waals surface area contributed by atoms with E-state index >= 15 is 0 Å². The molecule has 1 saturated heterocycles.